The van der Waals surface area contributed by atoms with Gasteiger partial charge in [0.25, 0.3) is 10.0 Å². The van der Waals surface area contributed by atoms with Crippen molar-refractivity contribution in [3.8, 4) is 11.3 Å². The molecule has 0 bridgehead atoms. The van der Waals surface area contributed by atoms with Gasteiger partial charge in [-0.3, -0.25) is 0 Å². The summed E-state index contributed by atoms with van der Waals surface area (Å²) in [7, 11) is -3.65. The molecule has 0 spiro atoms. The number of aromatic nitrogens is 1. The van der Waals surface area contributed by atoms with E-state index in [0.29, 0.717) is 10.7 Å². The Morgan fingerprint density at radius 3 is 2.55 bits per heavy atom. The van der Waals surface area contributed by atoms with E-state index < -0.39 is 10.0 Å². The van der Waals surface area contributed by atoms with Crippen molar-refractivity contribution in [1.82, 2.24) is 5.16 Å². The van der Waals surface area contributed by atoms with Crippen molar-refractivity contribution in [2.45, 2.75) is 11.1 Å². The van der Waals surface area contributed by atoms with Crippen molar-refractivity contribution in [2.24, 2.45) is 0 Å². The van der Waals surface area contributed by atoms with Crippen LogP contribution in [0.4, 0.5) is 5.88 Å². The molecule has 2 aromatic heterocycles. The van der Waals surface area contributed by atoms with Crippen LogP contribution in [0.3, 0.4) is 0 Å². The van der Waals surface area contributed by atoms with E-state index in [1.807, 2.05) is 6.92 Å². The molecule has 0 radical (unpaired) electrons. The fraction of sp³-hybridized carbons (Fsp3) is 0.0714. The molecule has 3 rings (SSSR count). The Balaban J connectivity index is 1.84. The van der Waals surface area contributed by atoms with E-state index in [4.69, 9.17) is 16.1 Å². The van der Waals surface area contributed by atoms with Crippen molar-refractivity contribution in [3.63, 3.8) is 0 Å². The maximum absolute atomic E-state index is 12.2. The zero-order chi connectivity index (χ0) is 15.7. The number of benzene rings is 1. The third-order valence-corrected chi connectivity index (χ3v) is 5.96. The SMILES string of the molecule is Cc1ccc(S(=O)(=O)Nc2cc(-c3ccc(Cl)cc3)no2)s1. The average molecular weight is 355 g/mol. The Bertz CT molecular complexity index is 898. The Hall–Kier alpha value is -1.83. The topological polar surface area (TPSA) is 72.2 Å². The van der Waals surface area contributed by atoms with E-state index in [9.17, 15) is 8.42 Å². The second-order valence-corrected chi connectivity index (χ2v) is 8.19. The Morgan fingerprint density at radius 1 is 1.18 bits per heavy atom. The lowest BCUT2D eigenvalue weighted by atomic mass is 10.1. The Morgan fingerprint density at radius 2 is 1.91 bits per heavy atom. The summed E-state index contributed by atoms with van der Waals surface area (Å²) in [5, 5.41) is 4.47. The lowest BCUT2D eigenvalue weighted by Crippen LogP contribution is -2.10. The molecule has 0 aliphatic carbocycles. The monoisotopic (exact) mass is 354 g/mol. The molecule has 8 heteroatoms. The highest BCUT2D eigenvalue weighted by atomic mass is 35.5. The number of halogens is 1. The van der Waals surface area contributed by atoms with Gasteiger partial charge in [-0.1, -0.05) is 28.9 Å². The smallest absolute Gasteiger partial charge is 0.273 e. The lowest BCUT2D eigenvalue weighted by Gasteiger charge is -2.00. The summed E-state index contributed by atoms with van der Waals surface area (Å²) in [6, 6.07) is 11.8. The van der Waals surface area contributed by atoms with Gasteiger partial charge in [0.2, 0.25) is 5.88 Å². The van der Waals surface area contributed by atoms with Crippen molar-refractivity contribution in [1.29, 1.82) is 0 Å². The highest BCUT2D eigenvalue weighted by Crippen LogP contribution is 2.26. The van der Waals surface area contributed by atoms with Gasteiger partial charge in [-0.15, -0.1) is 11.3 Å². The van der Waals surface area contributed by atoms with Crippen LogP contribution in [-0.4, -0.2) is 13.6 Å². The van der Waals surface area contributed by atoms with Gasteiger partial charge in [-0.25, -0.2) is 13.1 Å². The minimum absolute atomic E-state index is 0.0657. The molecule has 0 atom stereocenters. The second kappa shape index (κ2) is 5.75. The lowest BCUT2D eigenvalue weighted by molar-refractivity contribution is 0.438. The number of nitrogens with zero attached hydrogens (tertiary/aromatic N) is 1. The predicted octanol–water partition coefficient (Wildman–Crippen LogP) is 4.17. The van der Waals surface area contributed by atoms with Crippen LogP contribution in [0.1, 0.15) is 4.88 Å². The van der Waals surface area contributed by atoms with Gasteiger partial charge in [-0.05, 0) is 31.2 Å². The minimum Gasteiger partial charge on any atom is -0.337 e. The Labute approximate surface area is 136 Å². The highest BCUT2D eigenvalue weighted by molar-refractivity contribution is 7.94. The van der Waals surface area contributed by atoms with E-state index in [1.54, 1.807) is 36.4 Å². The van der Waals surface area contributed by atoms with Crippen LogP contribution in [0.25, 0.3) is 11.3 Å². The van der Waals surface area contributed by atoms with Crippen LogP contribution in [0.5, 0.6) is 0 Å². The molecule has 5 nitrogen and oxygen atoms in total. The first-order valence-corrected chi connectivity index (χ1v) is 8.94. The van der Waals surface area contributed by atoms with Gasteiger partial charge >= 0.3 is 0 Å². The number of rotatable bonds is 4. The van der Waals surface area contributed by atoms with E-state index in [-0.39, 0.29) is 10.1 Å². The molecule has 0 aliphatic heterocycles. The third kappa shape index (κ3) is 3.16. The number of aryl methyl sites for hydroxylation is 1. The molecule has 0 amide bonds. The summed E-state index contributed by atoms with van der Waals surface area (Å²) in [6.07, 6.45) is 0. The molecule has 0 fully saturated rings. The van der Waals surface area contributed by atoms with E-state index in [2.05, 4.69) is 9.88 Å². The Kier molecular flexibility index (Phi) is 3.94. The molecule has 114 valence electrons. The summed E-state index contributed by atoms with van der Waals surface area (Å²) < 4.78 is 32.1. The zero-order valence-corrected chi connectivity index (χ0v) is 13.8. The number of thiophene rings is 1. The van der Waals surface area contributed by atoms with Crippen LogP contribution in [0.2, 0.25) is 5.02 Å². The molecule has 0 saturated carbocycles. The number of sulfonamides is 1. The number of nitrogens with one attached hydrogen (secondary N) is 1. The molecular weight excluding hydrogens is 344 g/mol. The van der Waals surface area contributed by atoms with Gasteiger partial charge in [0.05, 0.1) is 0 Å². The third-order valence-electron chi connectivity index (χ3n) is 2.87. The minimum atomic E-state index is -3.65. The molecule has 0 saturated heterocycles. The van der Waals surface area contributed by atoms with E-state index >= 15 is 0 Å². The maximum atomic E-state index is 12.2. The van der Waals surface area contributed by atoms with Crippen molar-refractivity contribution < 1.29 is 12.9 Å². The molecule has 3 aromatic rings. The van der Waals surface area contributed by atoms with Crippen molar-refractivity contribution in [3.05, 3.63) is 52.4 Å². The van der Waals surface area contributed by atoms with Crippen molar-refractivity contribution >= 4 is 38.8 Å². The summed E-state index contributed by atoms with van der Waals surface area (Å²) in [5.74, 6) is 0.0657. The summed E-state index contributed by atoms with van der Waals surface area (Å²) in [6.45, 7) is 1.84. The molecule has 0 aliphatic rings. The fourth-order valence-electron chi connectivity index (χ4n) is 1.82. The normalized spacial score (nSPS) is 11.5. The van der Waals surface area contributed by atoms with Crippen LogP contribution in [0, 0.1) is 6.92 Å². The molecule has 0 unspecified atom stereocenters. The van der Waals surface area contributed by atoms with Gasteiger partial charge in [0.1, 0.15) is 9.90 Å². The molecule has 2 heterocycles. The maximum Gasteiger partial charge on any atom is 0.273 e. The zero-order valence-electron chi connectivity index (χ0n) is 11.4. The summed E-state index contributed by atoms with van der Waals surface area (Å²) >= 11 is 7.02. The quantitative estimate of drug-likeness (QED) is 0.763. The first kappa shape index (κ1) is 15.1. The second-order valence-electron chi connectivity index (χ2n) is 4.55. The number of hydrogen-bond donors (Lipinski definition) is 1. The highest BCUT2D eigenvalue weighted by Gasteiger charge is 2.19. The van der Waals surface area contributed by atoms with Gasteiger partial charge in [0.15, 0.2) is 0 Å². The molecule has 1 N–H and O–H groups in total. The molecule has 1 aromatic carbocycles. The van der Waals surface area contributed by atoms with Crippen LogP contribution < -0.4 is 4.72 Å². The number of hydrogen-bond acceptors (Lipinski definition) is 5. The molecule has 22 heavy (non-hydrogen) atoms. The van der Waals surface area contributed by atoms with Gasteiger partial charge in [-0.2, -0.15) is 0 Å². The standard InChI is InChI=1S/C14H11ClN2O3S2/c1-9-2-7-14(21-9)22(18,19)17-13-8-12(16-20-13)10-3-5-11(15)6-4-10/h2-8,17H,1H3. The summed E-state index contributed by atoms with van der Waals surface area (Å²) in [4.78, 5) is 0.916. The first-order chi connectivity index (χ1) is 10.4. The van der Waals surface area contributed by atoms with Crippen LogP contribution in [-0.2, 0) is 10.0 Å². The van der Waals surface area contributed by atoms with Crippen molar-refractivity contribution in [2.75, 3.05) is 4.72 Å². The first-order valence-electron chi connectivity index (χ1n) is 6.26. The van der Waals surface area contributed by atoms with Gasteiger partial charge in [0, 0.05) is 21.5 Å². The predicted molar refractivity (Wildman–Crippen MR) is 86.8 cm³/mol. The molecular formula is C14H11ClN2O3S2. The van der Waals surface area contributed by atoms with E-state index in [1.165, 1.54) is 17.4 Å². The average Bonchev–Trinajstić information content (AvgIpc) is 3.09. The number of anilines is 1. The summed E-state index contributed by atoms with van der Waals surface area (Å²) in [5.41, 5.74) is 1.31. The largest absolute Gasteiger partial charge is 0.337 e. The fourth-order valence-corrected chi connectivity index (χ4v) is 4.20. The van der Waals surface area contributed by atoms with Crippen LogP contribution >= 0.6 is 22.9 Å². The van der Waals surface area contributed by atoms with Gasteiger partial charge < -0.3 is 4.52 Å². The van der Waals surface area contributed by atoms with E-state index in [0.717, 1.165) is 10.4 Å². The van der Waals surface area contributed by atoms with Crippen LogP contribution in [0.15, 0.2) is 51.2 Å².